The smallest absolute Gasteiger partial charge is 0.311 e. The monoisotopic (exact) mass is 264 g/mol. The van der Waals surface area contributed by atoms with Crippen LogP contribution in [0.15, 0.2) is 22.7 Å². The fourth-order valence-corrected chi connectivity index (χ4v) is 1.49. The first-order chi connectivity index (χ1) is 9.10. The number of aromatic nitrogens is 2. The molecule has 0 spiro atoms. The van der Waals surface area contributed by atoms with Gasteiger partial charge in [-0.25, -0.2) is 10.8 Å². The number of rotatable bonds is 5. The molecule has 0 radical (unpaired) electrons. The number of anilines is 2. The minimum Gasteiger partial charge on any atom is -0.361 e. The highest BCUT2D eigenvalue weighted by Crippen LogP contribution is 2.24. The molecule has 0 saturated heterocycles. The minimum absolute atomic E-state index is 0.112. The third kappa shape index (κ3) is 2.96. The van der Waals surface area contributed by atoms with Gasteiger partial charge in [0.25, 0.3) is 0 Å². The zero-order valence-electron chi connectivity index (χ0n) is 10.1. The van der Waals surface area contributed by atoms with Crippen molar-refractivity contribution >= 4 is 17.3 Å². The zero-order valence-corrected chi connectivity index (χ0v) is 10.1. The maximum atomic E-state index is 10.9. The quantitative estimate of drug-likeness (QED) is 0.416. The summed E-state index contributed by atoms with van der Waals surface area (Å²) in [5.41, 5.74) is 2.81. The summed E-state index contributed by atoms with van der Waals surface area (Å²) in [5, 5.41) is 17.5. The topological polar surface area (TPSA) is 132 Å². The van der Waals surface area contributed by atoms with Crippen LogP contribution in [-0.4, -0.2) is 15.1 Å². The minimum atomic E-state index is -0.524. The number of hydrazine groups is 1. The molecular formula is C10H12N6O3. The number of hydrogen-bond donors (Lipinski definition) is 3. The van der Waals surface area contributed by atoms with E-state index in [1.165, 1.54) is 12.1 Å². The molecule has 4 N–H and O–H groups in total. The predicted octanol–water partition coefficient (Wildman–Crippen LogP) is 1.18. The maximum absolute atomic E-state index is 10.9. The summed E-state index contributed by atoms with van der Waals surface area (Å²) < 4.78 is 4.90. The Kier molecular flexibility index (Phi) is 3.57. The summed E-state index contributed by atoms with van der Waals surface area (Å²) >= 11 is 0. The van der Waals surface area contributed by atoms with Gasteiger partial charge < -0.3 is 15.3 Å². The Hall–Kier alpha value is -2.68. The Bertz CT molecular complexity index is 597. The molecule has 9 heteroatoms. The van der Waals surface area contributed by atoms with Crippen LogP contribution >= 0.6 is 0 Å². The van der Waals surface area contributed by atoms with Crippen LogP contribution in [0.2, 0.25) is 0 Å². The molecule has 100 valence electrons. The van der Waals surface area contributed by atoms with Gasteiger partial charge in [-0.2, -0.15) is 0 Å². The molecule has 0 bridgehead atoms. The van der Waals surface area contributed by atoms with E-state index in [2.05, 4.69) is 20.9 Å². The Morgan fingerprint density at radius 1 is 1.53 bits per heavy atom. The first kappa shape index (κ1) is 12.8. The number of aryl methyl sites for hydroxylation is 1. The van der Waals surface area contributed by atoms with Crippen molar-refractivity contribution in [3.63, 3.8) is 0 Å². The number of nitrogens with two attached hydrogens (primary N) is 1. The number of nitrogens with zero attached hydrogens (tertiary/aromatic N) is 3. The van der Waals surface area contributed by atoms with Gasteiger partial charge in [0.1, 0.15) is 17.3 Å². The Morgan fingerprint density at radius 3 is 2.89 bits per heavy atom. The van der Waals surface area contributed by atoms with Crippen molar-refractivity contribution in [1.82, 2.24) is 10.1 Å². The van der Waals surface area contributed by atoms with E-state index in [-0.39, 0.29) is 18.1 Å². The van der Waals surface area contributed by atoms with Crippen molar-refractivity contribution in [1.29, 1.82) is 0 Å². The first-order valence-corrected chi connectivity index (χ1v) is 5.38. The molecule has 2 heterocycles. The molecule has 0 aliphatic heterocycles. The Labute approximate surface area is 107 Å². The van der Waals surface area contributed by atoms with Crippen molar-refractivity contribution in [2.24, 2.45) is 5.84 Å². The fourth-order valence-electron chi connectivity index (χ4n) is 1.49. The highest BCUT2D eigenvalue weighted by Gasteiger charge is 2.16. The van der Waals surface area contributed by atoms with Gasteiger partial charge in [0.2, 0.25) is 5.82 Å². The predicted molar refractivity (Wildman–Crippen MR) is 67.3 cm³/mol. The molecule has 9 nitrogen and oxygen atoms in total. The fraction of sp³-hybridized carbons (Fsp3) is 0.200. The van der Waals surface area contributed by atoms with Crippen LogP contribution in [0.3, 0.4) is 0 Å². The number of pyridine rings is 1. The first-order valence-electron chi connectivity index (χ1n) is 5.38. The maximum Gasteiger partial charge on any atom is 0.311 e. The highest BCUT2D eigenvalue weighted by molar-refractivity contribution is 5.59. The zero-order chi connectivity index (χ0) is 13.8. The molecule has 19 heavy (non-hydrogen) atoms. The summed E-state index contributed by atoms with van der Waals surface area (Å²) in [5.74, 6) is 6.32. The largest absolute Gasteiger partial charge is 0.361 e. The van der Waals surface area contributed by atoms with E-state index in [1.54, 1.807) is 13.0 Å². The van der Waals surface area contributed by atoms with Gasteiger partial charge in [0, 0.05) is 12.1 Å². The number of nitrogens with one attached hydrogen (secondary N) is 2. The average molecular weight is 264 g/mol. The molecule has 0 saturated carbocycles. The molecule has 0 atom stereocenters. The van der Waals surface area contributed by atoms with Gasteiger partial charge >= 0.3 is 5.69 Å². The lowest BCUT2D eigenvalue weighted by Gasteiger charge is -2.06. The van der Waals surface area contributed by atoms with E-state index in [0.717, 1.165) is 0 Å². The van der Waals surface area contributed by atoms with Gasteiger partial charge in [-0.1, -0.05) is 5.16 Å². The van der Waals surface area contributed by atoms with Gasteiger partial charge in [0.15, 0.2) is 0 Å². The molecule has 2 aromatic heterocycles. The van der Waals surface area contributed by atoms with Crippen molar-refractivity contribution in [2.75, 3.05) is 10.7 Å². The number of nitrogen functional groups attached to an aromatic ring is 1. The van der Waals surface area contributed by atoms with Gasteiger partial charge in [-0.05, 0) is 13.0 Å². The molecule has 0 aromatic carbocycles. The molecule has 0 aliphatic rings. The standard InChI is InChI=1S/C10H12N6O3/c1-6-4-7(15-19-6)5-12-10-8(16(17)18)2-3-9(13-10)14-11/h2-4H,5,11H2,1H3,(H2,12,13,14). The highest BCUT2D eigenvalue weighted by atomic mass is 16.6. The van der Waals surface area contributed by atoms with Crippen LogP contribution in [0.1, 0.15) is 11.5 Å². The van der Waals surface area contributed by atoms with E-state index >= 15 is 0 Å². The van der Waals surface area contributed by atoms with E-state index < -0.39 is 4.92 Å². The SMILES string of the molecule is Cc1cc(CNc2nc(NN)ccc2[N+](=O)[O-])no1. The lowest BCUT2D eigenvalue weighted by Crippen LogP contribution is -2.11. The van der Waals surface area contributed by atoms with Crippen LogP contribution in [0, 0.1) is 17.0 Å². The normalized spacial score (nSPS) is 10.2. The summed E-state index contributed by atoms with van der Waals surface area (Å²) in [6.45, 7) is 2.02. The molecular weight excluding hydrogens is 252 g/mol. The van der Waals surface area contributed by atoms with E-state index in [4.69, 9.17) is 10.4 Å². The van der Waals surface area contributed by atoms with Crippen LogP contribution in [0.4, 0.5) is 17.3 Å². The molecule has 0 amide bonds. The second-order valence-corrected chi connectivity index (χ2v) is 3.75. The van der Waals surface area contributed by atoms with Crippen LogP contribution < -0.4 is 16.6 Å². The van der Waals surface area contributed by atoms with E-state index in [1.807, 2.05) is 0 Å². The summed E-state index contributed by atoms with van der Waals surface area (Å²) in [6.07, 6.45) is 0. The molecule has 0 unspecified atom stereocenters. The van der Waals surface area contributed by atoms with Crippen molar-refractivity contribution in [3.8, 4) is 0 Å². The summed E-state index contributed by atoms with van der Waals surface area (Å²) in [7, 11) is 0. The van der Waals surface area contributed by atoms with Crippen LogP contribution in [0.25, 0.3) is 0 Å². The second kappa shape index (κ2) is 5.31. The van der Waals surface area contributed by atoms with Gasteiger partial charge in [-0.3, -0.25) is 10.1 Å². The van der Waals surface area contributed by atoms with Crippen molar-refractivity contribution in [3.05, 3.63) is 39.8 Å². The third-order valence-corrected chi connectivity index (χ3v) is 2.33. The van der Waals surface area contributed by atoms with Crippen LogP contribution in [-0.2, 0) is 6.54 Å². The van der Waals surface area contributed by atoms with E-state index in [0.29, 0.717) is 17.3 Å². The number of hydrogen-bond acceptors (Lipinski definition) is 8. The van der Waals surface area contributed by atoms with Crippen molar-refractivity contribution < 1.29 is 9.45 Å². The summed E-state index contributed by atoms with van der Waals surface area (Å²) in [6, 6.07) is 4.46. The second-order valence-electron chi connectivity index (χ2n) is 3.75. The lowest BCUT2D eigenvalue weighted by molar-refractivity contribution is -0.384. The van der Waals surface area contributed by atoms with Gasteiger partial charge in [0.05, 0.1) is 11.5 Å². The summed E-state index contributed by atoms with van der Waals surface area (Å²) in [4.78, 5) is 14.3. The molecule has 0 fully saturated rings. The Morgan fingerprint density at radius 2 is 2.32 bits per heavy atom. The molecule has 2 aromatic rings. The lowest BCUT2D eigenvalue weighted by atomic mass is 10.3. The van der Waals surface area contributed by atoms with E-state index in [9.17, 15) is 10.1 Å². The van der Waals surface area contributed by atoms with Gasteiger partial charge in [-0.15, -0.1) is 0 Å². The number of nitro groups is 1. The third-order valence-electron chi connectivity index (χ3n) is 2.33. The molecule has 2 rings (SSSR count). The van der Waals surface area contributed by atoms with Crippen LogP contribution in [0.5, 0.6) is 0 Å². The Balaban J connectivity index is 2.19. The molecule has 0 aliphatic carbocycles. The average Bonchev–Trinajstić information content (AvgIpc) is 2.81. The van der Waals surface area contributed by atoms with Crippen molar-refractivity contribution in [2.45, 2.75) is 13.5 Å².